The number of alkyl carbamates (subject to hydrolysis) is 1. The van der Waals surface area contributed by atoms with Gasteiger partial charge in [-0.3, -0.25) is 19.8 Å². The summed E-state index contributed by atoms with van der Waals surface area (Å²) in [5, 5.41) is 5.05. The highest BCUT2D eigenvalue weighted by Gasteiger charge is 2.28. The molecular formula is C21H32N6O5. The first-order valence-corrected chi connectivity index (χ1v) is 11.0. The molecule has 1 aromatic rings. The molecule has 2 aliphatic heterocycles. The van der Waals surface area contributed by atoms with Gasteiger partial charge in [0.2, 0.25) is 11.9 Å². The average Bonchev–Trinajstić information content (AvgIpc) is 2.73. The molecule has 2 aliphatic rings. The molecule has 0 saturated carbocycles. The van der Waals surface area contributed by atoms with Crippen molar-refractivity contribution in [3.05, 3.63) is 12.4 Å². The van der Waals surface area contributed by atoms with Gasteiger partial charge in [-0.1, -0.05) is 0 Å². The summed E-state index contributed by atoms with van der Waals surface area (Å²) in [6, 6.07) is 0. The van der Waals surface area contributed by atoms with Gasteiger partial charge in [0.25, 0.3) is 5.91 Å². The minimum absolute atomic E-state index is 0.261. The van der Waals surface area contributed by atoms with Crippen LogP contribution in [0.3, 0.4) is 0 Å². The molecule has 11 nitrogen and oxygen atoms in total. The first-order chi connectivity index (χ1) is 15.2. The number of hydrogen-bond donors (Lipinski definition) is 2. The number of piperazine rings is 1. The summed E-state index contributed by atoms with van der Waals surface area (Å²) in [6.07, 6.45) is 3.49. The van der Waals surface area contributed by atoms with E-state index in [0.29, 0.717) is 24.7 Å². The molecule has 3 rings (SSSR count). The molecule has 1 unspecified atom stereocenters. The summed E-state index contributed by atoms with van der Waals surface area (Å²) < 4.78 is 10.8. The van der Waals surface area contributed by atoms with Crippen LogP contribution in [0.2, 0.25) is 0 Å². The quantitative estimate of drug-likeness (QED) is 0.458. The number of nitrogens with one attached hydrogen (secondary N) is 2. The Morgan fingerprint density at radius 3 is 2.50 bits per heavy atom. The lowest BCUT2D eigenvalue weighted by molar-refractivity contribution is -0.138. The molecule has 2 fully saturated rings. The van der Waals surface area contributed by atoms with Crippen molar-refractivity contribution in [1.29, 1.82) is 0 Å². The van der Waals surface area contributed by atoms with Gasteiger partial charge in [0.05, 0.1) is 12.4 Å². The molecule has 3 heterocycles. The highest BCUT2D eigenvalue weighted by molar-refractivity contribution is 5.99. The topological polar surface area (TPSA) is 126 Å². The number of nitrogens with zero attached hydrogens (tertiary/aromatic N) is 4. The number of aromatic nitrogens is 2. The van der Waals surface area contributed by atoms with Crippen LogP contribution in [0.25, 0.3) is 0 Å². The number of amides is 3. The maximum Gasteiger partial charge on any atom is 0.407 e. The molecule has 0 spiro atoms. The van der Waals surface area contributed by atoms with Crippen LogP contribution >= 0.6 is 0 Å². The SMILES string of the molecule is CC(C)(C)OC(=O)NCCCN1CCN(c2ncc(OC3CCC(=O)NC3=O)cn2)CC1. The molecule has 176 valence electrons. The lowest BCUT2D eigenvalue weighted by Gasteiger charge is -2.34. The summed E-state index contributed by atoms with van der Waals surface area (Å²) in [6.45, 7) is 10.3. The molecule has 1 atom stereocenters. The molecule has 0 aliphatic carbocycles. The zero-order valence-corrected chi connectivity index (χ0v) is 18.9. The van der Waals surface area contributed by atoms with Crippen molar-refractivity contribution in [2.75, 3.05) is 44.2 Å². The smallest absolute Gasteiger partial charge is 0.407 e. The van der Waals surface area contributed by atoms with Gasteiger partial charge < -0.3 is 19.7 Å². The van der Waals surface area contributed by atoms with Crippen molar-refractivity contribution < 1.29 is 23.9 Å². The van der Waals surface area contributed by atoms with Crippen LogP contribution in [0.15, 0.2) is 12.4 Å². The number of ether oxygens (including phenoxy) is 2. The Labute approximate surface area is 187 Å². The minimum Gasteiger partial charge on any atom is -0.477 e. The zero-order valence-electron chi connectivity index (χ0n) is 18.9. The van der Waals surface area contributed by atoms with E-state index in [1.54, 1.807) is 12.4 Å². The largest absolute Gasteiger partial charge is 0.477 e. The second-order valence-corrected chi connectivity index (χ2v) is 8.89. The van der Waals surface area contributed by atoms with Gasteiger partial charge in [0.15, 0.2) is 11.9 Å². The van der Waals surface area contributed by atoms with E-state index in [0.717, 1.165) is 39.1 Å². The van der Waals surface area contributed by atoms with E-state index >= 15 is 0 Å². The van der Waals surface area contributed by atoms with Crippen molar-refractivity contribution in [2.24, 2.45) is 0 Å². The average molecular weight is 449 g/mol. The minimum atomic E-state index is -0.699. The maximum atomic E-state index is 11.8. The normalized spacial score (nSPS) is 20.0. The van der Waals surface area contributed by atoms with Crippen molar-refractivity contribution >= 4 is 23.9 Å². The highest BCUT2D eigenvalue weighted by atomic mass is 16.6. The van der Waals surface area contributed by atoms with Crippen LogP contribution in [0.4, 0.5) is 10.7 Å². The molecule has 3 amide bonds. The molecule has 0 bridgehead atoms. The van der Waals surface area contributed by atoms with Gasteiger partial charge in [0.1, 0.15) is 5.60 Å². The molecule has 0 aromatic carbocycles. The maximum absolute atomic E-state index is 11.8. The van der Waals surface area contributed by atoms with Crippen LogP contribution in [-0.2, 0) is 14.3 Å². The van der Waals surface area contributed by atoms with Crippen molar-refractivity contribution in [3.8, 4) is 5.75 Å². The number of anilines is 1. The summed E-state index contributed by atoms with van der Waals surface area (Å²) >= 11 is 0. The third-order valence-corrected chi connectivity index (χ3v) is 5.06. The van der Waals surface area contributed by atoms with Crippen LogP contribution in [-0.4, -0.2) is 83.7 Å². The molecule has 32 heavy (non-hydrogen) atoms. The van der Waals surface area contributed by atoms with E-state index in [1.165, 1.54) is 0 Å². The lowest BCUT2D eigenvalue weighted by atomic mass is 10.1. The van der Waals surface area contributed by atoms with E-state index in [1.807, 2.05) is 20.8 Å². The van der Waals surface area contributed by atoms with Gasteiger partial charge >= 0.3 is 6.09 Å². The Kier molecular flexibility index (Phi) is 7.84. The second kappa shape index (κ2) is 10.6. The third kappa shape index (κ3) is 7.33. The van der Waals surface area contributed by atoms with Crippen LogP contribution in [0, 0.1) is 0 Å². The molecular weight excluding hydrogens is 416 g/mol. The molecule has 11 heteroatoms. The van der Waals surface area contributed by atoms with Crippen LogP contribution in [0.5, 0.6) is 5.75 Å². The summed E-state index contributed by atoms with van der Waals surface area (Å²) in [5.41, 5.74) is -0.488. The monoisotopic (exact) mass is 448 g/mol. The molecule has 2 N–H and O–H groups in total. The fraction of sp³-hybridized carbons (Fsp3) is 0.667. The lowest BCUT2D eigenvalue weighted by Crippen LogP contribution is -2.47. The van der Waals surface area contributed by atoms with E-state index in [9.17, 15) is 14.4 Å². The van der Waals surface area contributed by atoms with Gasteiger partial charge in [-0.05, 0) is 33.7 Å². The Morgan fingerprint density at radius 1 is 1.19 bits per heavy atom. The van der Waals surface area contributed by atoms with E-state index in [-0.39, 0.29) is 18.4 Å². The van der Waals surface area contributed by atoms with E-state index < -0.39 is 17.6 Å². The zero-order chi connectivity index (χ0) is 23.1. The Hall–Kier alpha value is -2.95. The Bertz CT molecular complexity index is 802. The van der Waals surface area contributed by atoms with Gasteiger partial charge in [-0.15, -0.1) is 0 Å². The van der Waals surface area contributed by atoms with Crippen molar-refractivity contribution in [1.82, 2.24) is 25.5 Å². The molecule has 1 aromatic heterocycles. The van der Waals surface area contributed by atoms with Crippen molar-refractivity contribution in [3.63, 3.8) is 0 Å². The van der Waals surface area contributed by atoms with Gasteiger partial charge in [0, 0.05) is 45.6 Å². The summed E-state index contributed by atoms with van der Waals surface area (Å²) in [5.74, 6) is 0.314. The first kappa shape index (κ1) is 23.7. The predicted octanol–water partition coefficient (Wildman–Crippen LogP) is 0.697. The van der Waals surface area contributed by atoms with Crippen LogP contribution in [0.1, 0.15) is 40.0 Å². The Balaban J connectivity index is 1.35. The number of carbonyl (C=O) groups is 3. The van der Waals surface area contributed by atoms with E-state index in [2.05, 4.69) is 30.4 Å². The number of piperidine rings is 1. The number of rotatable bonds is 7. The predicted molar refractivity (Wildman–Crippen MR) is 116 cm³/mol. The number of hydrogen-bond acceptors (Lipinski definition) is 9. The van der Waals surface area contributed by atoms with E-state index in [4.69, 9.17) is 9.47 Å². The van der Waals surface area contributed by atoms with Gasteiger partial charge in [-0.2, -0.15) is 0 Å². The third-order valence-electron chi connectivity index (χ3n) is 5.06. The fourth-order valence-electron chi connectivity index (χ4n) is 3.46. The van der Waals surface area contributed by atoms with Crippen molar-refractivity contribution in [2.45, 2.75) is 51.7 Å². The number of carbonyl (C=O) groups excluding carboxylic acids is 3. The fourth-order valence-corrected chi connectivity index (χ4v) is 3.46. The summed E-state index contributed by atoms with van der Waals surface area (Å²) in [7, 11) is 0. The molecule has 0 radical (unpaired) electrons. The van der Waals surface area contributed by atoms with Crippen LogP contribution < -0.4 is 20.3 Å². The Morgan fingerprint density at radius 2 is 1.88 bits per heavy atom. The first-order valence-electron chi connectivity index (χ1n) is 11.0. The van der Waals surface area contributed by atoms with Gasteiger partial charge in [-0.25, -0.2) is 14.8 Å². The standard InChI is InChI=1S/C21H32N6O5/c1-21(2,3)32-20(30)22-7-4-8-26-9-11-27(12-10-26)19-23-13-15(14-24-19)31-16-5-6-17(28)25-18(16)29/h13-14,16H,4-12H2,1-3H3,(H,22,30)(H,25,28,29). The summed E-state index contributed by atoms with van der Waals surface area (Å²) in [4.78, 5) is 47.9. The number of imide groups is 1. The highest BCUT2D eigenvalue weighted by Crippen LogP contribution is 2.18. The second-order valence-electron chi connectivity index (χ2n) is 8.89. The molecule has 2 saturated heterocycles.